The van der Waals surface area contributed by atoms with Gasteiger partial charge in [0.2, 0.25) is 17.7 Å². The highest BCUT2D eigenvalue weighted by atomic mass is 35.5. The van der Waals surface area contributed by atoms with Crippen molar-refractivity contribution >= 4 is 58.2 Å². The van der Waals surface area contributed by atoms with Gasteiger partial charge in [-0.3, -0.25) is 24.0 Å². The molecule has 15 nitrogen and oxygen atoms in total. The van der Waals surface area contributed by atoms with Crippen LogP contribution in [0, 0.1) is 40.4 Å². The number of hydrogen-bond donors (Lipinski definition) is 2. The van der Waals surface area contributed by atoms with E-state index in [-0.39, 0.29) is 66.3 Å². The van der Waals surface area contributed by atoms with Gasteiger partial charge in [-0.2, -0.15) is 5.26 Å². The van der Waals surface area contributed by atoms with Gasteiger partial charge in [0.15, 0.2) is 0 Å². The first kappa shape index (κ1) is 53.3. The first-order valence-corrected chi connectivity index (χ1v) is 26.4. The van der Waals surface area contributed by atoms with Crippen LogP contribution in [0.5, 0.6) is 5.75 Å². The van der Waals surface area contributed by atoms with E-state index in [0.717, 1.165) is 64.4 Å². The number of nitriles is 1. The lowest BCUT2D eigenvalue weighted by atomic mass is 9.49. The molecule has 4 aliphatic rings. The molecule has 4 heterocycles. The zero-order valence-corrected chi connectivity index (χ0v) is 45.1. The lowest BCUT2D eigenvalue weighted by Gasteiger charge is -2.65. The summed E-state index contributed by atoms with van der Waals surface area (Å²) < 4.78 is 18.0. The number of nitrogens with one attached hydrogen (secondary N) is 2. The van der Waals surface area contributed by atoms with Crippen LogP contribution >= 0.6 is 22.9 Å². The quantitative estimate of drug-likeness (QED) is 0.109. The highest BCUT2D eigenvalue weighted by Gasteiger charge is 2.67. The van der Waals surface area contributed by atoms with Crippen LogP contribution in [0.2, 0.25) is 5.02 Å². The second-order valence-corrected chi connectivity index (χ2v) is 23.7. The van der Waals surface area contributed by atoms with Gasteiger partial charge in [0, 0.05) is 67.2 Å². The number of carbonyl (C=O) groups is 5. The maximum absolute atomic E-state index is 14.5. The monoisotopic (exact) mass is 1030 g/mol. The molecule has 1 saturated carbocycles. The normalized spacial score (nSPS) is 22.2. The van der Waals surface area contributed by atoms with E-state index < -0.39 is 41.4 Å². The molecule has 2 N–H and O–H groups in total. The van der Waals surface area contributed by atoms with E-state index in [0.29, 0.717) is 29.5 Å². The van der Waals surface area contributed by atoms with Crippen molar-refractivity contribution in [1.29, 1.82) is 5.26 Å². The molecule has 4 amide bonds. The number of rotatable bonds is 15. The van der Waals surface area contributed by atoms with Crippen LogP contribution in [0.1, 0.15) is 120 Å². The molecule has 0 spiro atoms. The average Bonchev–Trinajstić information content (AvgIpc) is 4.05. The summed E-state index contributed by atoms with van der Waals surface area (Å²) in [4.78, 5) is 79.2. The number of piperidine rings is 1. The van der Waals surface area contributed by atoms with Gasteiger partial charge < -0.3 is 39.5 Å². The van der Waals surface area contributed by atoms with Gasteiger partial charge in [0.1, 0.15) is 42.7 Å². The Kier molecular flexibility index (Phi) is 15.4. The number of fused-ring (bicyclic) bond motifs is 1. The lowest BCUT2D eigenvalue weighted by molar-refractivity contribution is -0.199. The summed E-state index contributed by atoms with van der Waals surface area (Å²) in [6.45, 7) is 21.5. The molecule has 3 aliphatic heterocycles. The van der Waals surface area contributed by atoms with E-state index >= 15 is 0 Å². The number of halogens is 1. The zero-order chi connectivity index (χ0) is 52.7. The smallest absolute Gasteiger partial charge is 0.302 e. The van der Waals surface area contributed by atoms with Crippen LogP contribution in [0.25, 0.3) is 10.4 Å². The molecule has 3 aromatic carbocycles. The summed E-state index contributed by atoms with van der Waals surface area (Å²) in [5.74, 6) is -0.932. The highest BCUT2D eigenvalue weighted by Crippen LogP contribution is 2.59. The summed E-state index contributed by atoms with van der Waals surface area (Å²) in [6, 6.07) is 18.9. The van der Waals surface area contributed by atoms with Crippen LogP contribution in [-0.2, 0) is 35.2 Å². The number of aromatic nitrogens is 1. The third-order valence-electron chi connectivity index (χ3n) is 15.3. The van der Waals surface area contributed by atoms with Crippen molar-refractivity contribution in [3.63, 3.8) is 0 Å². The Bertz CT molecular complexity index is 2780. The number of thiazole rings is 1. The van der Waals surface area contributed by atoms with Gasteiger partial charge >= 0.3 is 5.97 Å². The minimum atomic E-state index is -0.995. The number of esters is 1. The molecule has 73 heavy (non-hydrogen) atoms. The molecular weight excluding hydrogens is 966 g/mol. The van der Waals surface area contributed by atoms with Gasteiger partial charge in [0.25, 0.3) is 5.91 Å². The number of ether oxygens (including phenoxy) is 3. The van der Waals surface area contributed by atoms with Crippen molar-refractivity contribution in [3.05, 3.63) is 99.1 Å². The van der Waals surface area contributed by atoms with E-state index in [2.05, 4.69) is 60.3 Å². The van der Waals surface area contributed by atoms with Crippen molar-refractivity contribution in [2.75, 3.05) is 37.7 Å². The van der Waals surface area contributed by atoms with Gasteiger partial charge in [0.05, 0.1) is 45.9 Å². The number of nitrogens with zero attached hydrogens (tertiary/aromatic N) is 5. The zero-order valence-electron chi connectivity index (χ0n) is 43.5. The van der Waals surface area contributed by atoms with E-state index in [1.807, 2.05) is 81.4 Å². The molecule has 1 aromatic heterocycles. The van der Waals surface area contributed by atoms with Crippen LogP contribution in [0.3, 0.4) is 0 Å². The van der Waals surface area contributed by atoms with Crippen molar-refractivity contribution in [2.45, 2.75) is 131 Å². The molecule has 4 atom stereocenters. The number of benzene rings is 3. The van der Waals surface area contributed by atoms with Crippen molar-refractivity contribution < 1.29 is 38.2 Å². The SMILES string of the molecule is CC(=O)O[C@@H]1C[C@@H](C(=O)N[C@@H](C)c2ccc(-c3scnc3C)cc2)N(C(=O)[C@@H](NC(=O)COCC2CCN(c3ccc4c(c3)CN(C3C(C)(C)C(Oc5ccc(C#N)c(Cl)c5)C3(C)C)C4=O)CC2)C(C)(C)C)C1. The van der Waals surface area contributed by atoms with Gasteiger partial charge in [-0.1, -0.05) is 84.3 Å². The fraction of sp³-hybridized carbons (Fsp3) is 0.518. The maximum Gasteiger partial charge on any atom is 0.302 e. The molecular formula is C56H68ClN7O8S. The first-order valence-electron chi connectivity index (χ1n) is 25.2. The van der Waals surface area contributed by atoms with Crippen molar-refractivity contribution in [3.8, 4) is 22.3 Å². The second-order valence-electron chi connectivity index (χ2n) is 22.5. The molecule has 2 saturated heterocycles. The summed E-state index contributed by atoms with van der Waals surface area (Å²) in [5.41, 5.74) is 6.40. The Labute approximate surface area is 437 Å². The number of amides is 4. The van der Waals surface area contributed by atoms with E-state index in [4.69, 9.17) is 25.8 Å². The van der Waals surface area contributed by atoms with Gasteiger partial charge in [-0.15, -0.1) is 11.3 Å². The minimum absolute atomic E-state index is 0.0143. The Morgan fingerprint density at radius 2 is 1.68 bits per heavy atom. The van der Waals surface area contributed by atoms with Crippen LogP contribution < -0.4 is 20.3 Å². The van der Waals surface area contributed by atoms with E-state index in [9.17, 15) is 29.2 Å². The van der Waals surface area contributed by atoms with Crippen LogP contribution in [0.15, 0.2) is 66.2 Å². The summed E-state index contributed by atoms with van der Waals surface area (Å²) in [5, 5.41) is 15.6. The van der Waals surface area contributed by atoms with E-state index in [1.54, 1.807) is 29.5 Å². The molecule has 17 heteroatoms. The molecule has 3 fully saturated rings. The van der Waals surface area contributed by atoms with Crippen molar-refractivity contribution in [2.24, 2.45) is 22.2 Å². The summed E-state index contributed by atoms with van der Waals surface area (Å²) in [6.07, 6.45) is 0.936. The fourth-order valence-electron chi connectivity index (χ4n) is 11.9. The molecule has 0 radical (unpaired) electrons. The Hall–Kier alpha value is -6.02. The number of carbonyl (C=O) groups excluding carboxylic acids is 5. The van der Waals surface area contributed by atoms with E-state index in [1.165, 1.54) is 11.8 Å². The molecule has 0 bridgehead atoms. The number of aryl methyl sites for hydroxylation is 1. The Morgan fingerprint density at radius 3 is 2.30 bits per heavy atom. The van der Waals surface area contributed by atoms with Crippen molar-refractivity contribution in [1.82, 2.24) is 25.4 Å². The molecule has 0 unspecified atom stereocenters. The predicted octanol–water partition coefficient (Wildman–Crippen LogP) is 8.66. The fourth-order valence-corrected chi connectivity index (χ4v) is 13.0. The van der Waals surface area contributed by atoms with Gasteiger partial charge in [-0.05, 0) is 85.0 Å². The Morgan fingerprint density at radius 1 is 0.986 bits per heavy atom. The summed E-state index contributed by atoms with van der Waals surface area (Å²) in [7, 11) is 0. The third-order valence-corrected chi connectivity index (χ3v) is 16.5. The number of likely N-dealkylation sites (tertiary alicyclic amines) is 1. The third kappa shape index (κ3) is 11.1. The molecule has 388 valence electrons. The maximum atomic E-state index is 14.5. The highest BCUT2D eigenvalue weighted by molar-refractivity contribution is 7.13. The molecule has 4 aromatic rings. The average molecular weight is 1030 g/mol. The summed E-state index contributed by atoms with van der Waals surface area (Å²) >= 11 is 7.89. The molecule has 8 rings (SSSR count). The lowest BCUT2D eigenvalue weighted by Crippen LogP contribution is -2.74. The topological polar surface area (TPSA) is 183 Å². The van der Waals surface area contributed by atoms with Crippen LogP contribution in [-0.4, -0.2) is 108 Å². The standard InChI is InChI=1S/C56H68ClN7O8S/c1-32(36-11-13-37(14-12-36)47-33(2)59-31-73-47)60-49(67)45-25-42(71-34(3)65)28-63(45)51(69)48(54(4,5)6)61-46(66)30-70-29-35-19-21-62(22-20-35)40-16-18-43-39(23-40)27-64(50(43)68)52-55(7,8)53(56(52,9)10)72-41-17-15-38(26-58)44(57)24-41/h11-18,23-24,31-32,35,42,45,48,52-53H,19-22,25,27-30H2,1-10H3,(H,60,67)(H,61,66)/t32-,42+,45-,48+,52?,53?/m0/s1. The largest absolute Gasteiger partial charge is 0.489 e. The van der Waals surface area contributed by atoms with Gasteiger partial charge in [-0.25, -0.2) is 4.98 Å². The number of anilines is 1. The first-order chi connectivity index (χ1) is 34.5. The van der Waals surface area contributed by atoms with Crippen LogP contribution in [0.4, 0.5) is 5.69 Å². The Balaban J connectivity index is 0.823. The predicted molar refractivity (Wildman–Crippen MR) is 280 cm³/mol. The minimum Gasteiger partial charge on any atom is -0.489 e. The second kappa shape index (κ2) is 21.1. The molecule has 1 aliphatic carbocycles. The number of hydrogen-bond acceptors (Lipinski definition) is 12.